The van der Waals surface area contributed by atoms with Crippen molar-refractivity contribution in [2.45, 2.75) is 24.2 Å². The quantitative estimate of drug-likeness (QED) is 0.660. The van der Waals surface area contributed by atoms with Crippen LogP contribution in [0.1, 0.15) is 13.8 Å². The van der Waals surface area contributed by atoms with Crippen molar-refractivity contribution in [2.75, 3.05) is 10.6 Å². The minimum absolute atomic E-state index is 0.120. The highest BCUT2D eigenvalue weighted by atomic mass is 32.2. The van der Waals surface area contributed by atoms with E-state index in [1.165, 1.54) is 20.0 Å². The highest BCUT2D eigenvalue weighted by molar-refractivity contribution is 7.86. The number of nitrogens with one attached hydrogen (secondary N) is 3. The number of hydrogen-bond donors (Lipinski definition) is 3. The summed E-state index contributed by atoms with van der Waals surface area (Å²) < 4.78 is 11.9. The van der Waals surface area contributed by atoms with E-state index in [0.717, 1.165) is 0 Å². The zero-order valence-electron chi connectivity index (χ0n) is 9.68. The fourth-order valence-corrected chi connectivity index (χ4v) is 2.62. The predicted molar refractivity (Wildman–Crippen MR) is 64.0 cm³/mol. The zero-order chi connectivity index (χ0) is 13.3. The average molecular weight is 269 g/mol. The number of anilines is 2. The van der Waals surface area contributed by atoms with Crippen molar-refractivity contribution >= 4 is 34.4 Å². The molecule has 1 aromatic rings. The predicted octanol–water partition coefficient (Wildman–Crippen LogP) is -0.612. The molecule has 1 aliphatic rings. The van der Waals surface area contributed by atoms with Gasteiger partial charge in [-0.05, 0) is 0 Å². The third-order valence-electron chi connectivity index (χ3n) is 2.08. The topological polar surface area (TPSA) is 113 Å². The van der Waals surface area contributed by atoms with Crippen LogP contribution in [0.3, 0.4) is 0 Å². The molecule has 3 N–H and O–H groups in total. The van der Waals surface area contributed by atoms with E-state index in [0.29, 0.717) is 10.7 Å². The van der Waals surface area contributed by atoms with Gasteiger partial charge >= 0.3 is 0 Å². The SMILES string of the molecule is CC(=O)Nc1ncc2c(n1)N[C@H](NC(C)=O)[S@]2=O. The van der Waals surface area contributed by atoms with Crippen molar-refractivity contribution in [3.63, 3.8) is 0 Å². The number of fused-ring (bicyclic) bond motifs is 1. The molecule has 0 radical (unpaired) electrons. The summed E-state index contributed by atoms with van der Waals surface area (Å²) in [7, 11) is -1.46. The zero-order valence-corrected chi connectivity index (χ0v) is 10.5. The maximum atomic E-state index is 11.9. The molecule has 0 bridgehead atoms. The van der Waals surface area contributed by atoms with E-state index in [1.54, 1.807) is 0 Å². The number of rotatable bonds is 2. The van der Waals surface area contributed by atoms with Gasteiger partial charge in [0.15, 0.2) is 5.50 Å². The van der Waals surface area contributed by atoms with Crippen LogP contribution in [0.25, 0.3) is 0 Å². The molecule has 0 saturated heterocycles. The molecule has 2 heterocycles. The van der Waals surface area contributed by atoms with Crippen LogP contribution in [0.5, 0.6) is 0 Å². The first kappa shape index (κ1) is 12.4. The molecule has 2 atom stereocenters. The van der Waals surface area contributed by atoms with Crippen LogP contribution in [0.4, 0.5) is 11.8 Å². The smallest absolute Gasteiger partial charge is 0.231 e. The summed E-state index contributed by atoms with van der Waals surface area (Å²) in [5, 5.41) is 7.71. The van der Waals surface area contributed by atoms with Gasteiger partial charge in [0.05, 0.1) is 6.20 Å². The van der Waals surface area contributed by atoms with Gasteiger partial charge in [0.1, 0.15) is 21.5 Å². The molecule has 2 amide bonds. The van der Waals surface area contributed by atoms with Gasteiger partial charge in [-0.25, -0.2) is 9.19 Å². The molecule has 96 valence electrons. The summed E-state index contributed by atoms with van der Waals surface area (Å²) in [6.07, 6.45) is 1.36. The third kappa shape index (κ3) is 2.45. The van der Waals surface area contributed by atoms with Crippen LogP contribution >= 0.6 is 0 Å². The largest absolute Gasteiger partial charge is 0.338 e. The molecule has 9 heteroatoms. The summed E-state index contributed by atoms with van der Waals surface area (Å²) in [5.74, 6) is -0.142. The number of amides is 2. The molecule has 0 aromatic carbocycles. The summed E-state index contributed by atoms with van der Waals surface area (Å²) in [6.45, 7) is 2.67. The maximum Gasteiger partial charge on any atom is 0.231 e. The van der Waals surface area contributed by atoms with Crippen molar-refractivity contribution < 1.29 is 13.8 Å². The molecule has 0 fully saturated rings. The van der Waals surface area contributed by atoms with E-state index in [1.807, 2.05) is 0 Å². The Morgan fingerprint density at radius 1 is 1.39 bits per heavy atom. The summed E-state index contributed by atoms with van der Waals surface area (Å²) in [6, 6.07) is 0. The van der Waals surface area contributed by atoms with Gasteiger partial charge in [-0.1, -0.05) is 0 Å². The number of carbonyl (C=O) groups is 2. The molecule has 1 aliphatic heterocycles. The lowest BCUT2D eigenvalue weighted by Crippen LogP contribution is -2.39. The monoisotopic (exact) mass is 269 g/mol. The Kier molecular flexibility index (Phi) is 3.24. The molecule has 0 aliphatic carbocycles. The lowest BCUT2D eigenvalue weighted by molar-refractivity contribution is -0.119. The van der Waals surface area contributed by atoms with Crippen molar-refractivity contribution in [3.05, 3.63) is 6.20 Å². The number of aromatic nitrogens is 2. The van der Waals surface area contributed by atoms with Gasteiger partial charge in [0.2, 0.25) is 17.8 Å². The van der Waals surface area contributed by atoms with Crippen LogP contribution in [-0.2, 0) is 20.4 Å². The van der Waals surface area contributed by atoms with Crippen LogP contribution in [0.15, 0.2) is 11.1 Å². The van der Waals surface area contributed by atoms with Crippen LogP contribution in [0, 0.1) is 0 Å². The Balaban J connectivity index is 2.23. The normalized spacial score (nSPS) is 20.8. The number of hydrogen-bond acceptors (Lipinski definition) is 6. The van der Waals surface area contributed by atoms with E-state index in [2.05, 4.69) is 25.9 Å². The molecule has 0 saturated carbocycles. The number of nitrogens with zero attached hydrogens (tertiary/aromatic N) is 2. The fraction of sp³-hybridized carbons (Fsp3) is 0.333. The van der Waals surface area contributed by atoms with Gasteiger partial charge in [0.25, 0.3) is 0 Å². The standard InChI is InChI=1S/C9H11N5O3S/c1-4(15)11-8-10-3-6-7(13-8)14-9(18(6)17)12-5(2)16/h3,9H,1-2H3,(H,12,16)(H2,10,11,13,14,15)/t9-,18-/m0/s1. The molecule has 0 spiro atoms. The van der Waals surface area contributed by atoms with E-state index >= 15 is 0 Å². The minimum Gasteiger partial charge on any atom is -0.338 e. The maximum absolute atomic E-state index is 11.9. The summed E-state index contributed by atoms with van der Waals surface area (Å²) in [4.78, 5) is 30.0. The Hall–Kier alpha value is -2.03. The molecule has 18 heavy (non-hydrogen) atoms. The van der Waals surface area contributed by atoms with E-state index < -0.39 is 16.3 Å². The first-order chi connectivity index (χ1) is 8.47. The van der Waals surface area contributed by atoms with Gasteiger partial charge in [-0.15, -0.1) is 0 Å². The minimum atomic E-state index is -1.46. The number of carbonyl (C=O) groups excluding carboxylic acids is 2. The van der Waals surface area contributed by atoms with Crippen molar-refractivity contribution in [1.82, 2.24) is 15.3 Å². The molecule has 1 aromatic heterocycles. The van der Waals surface area contributed by atoms with Crippen molar-refractivity contribution in [1.29, 1.82) is 0 Å². The van der Waals surface area contributed by atoms with Crippen LogP contribution in [0.2, 0.25) is 0 Å². The second kappa shape index (κ2) is 4.69. The highest BCUT2D eigenvalue weighted by Gasteiger charge is 2.31. The Morgan fingerprint density at radius 3 is 2.72 bits per heavy atom. The molecular formula is C9H11N5O3S. The van der Waals surface area contributed by atoms with Gasteiger partial charge in [-0.2, -0.15) is 4.98 Å². The van der Waals surface area contributed by atoms with E-state index in [9.17, 15) is 13.8 Å². The average Bonchev–Trinajstić information content (AvgIpc) is 2.54. The summed E-state index contributed by atoms with van der Waals surface area (Å²) >= 11 is 0. The molecule has 0 unspecified atom stereocenters. The Labute approximate surface area is 105 Å². The van der Waals surface area contributed by atoms with Crippen molar-refractivity contribution in [3.8, 4) is 0 Å². The lowest BCUT2D eigenvalue weighted by atomic mass is 10.5. The third-order valence-corrected chi connectivity index (χ3v) is 3.47. The highest BCUT2D eigenvalue weighted by Crippen LogP contribution is 2.26. The molecule has 8 nitrogen and oxygen atoms in total. The first-order valence-electron chi connectivity index (χ1n) is 5.06. The fourth-order valence-electron chi connectivity index (χ4n) is 1.42. The Bertz CT molecular complexity index is 547. The van der Waals surface area contributed by atoms with E-state index in [-0.39, 0.29) is 17.8 Å². The van der Waals surface area contributed by atoms with Gasteiger partial charge < -0.3 is 10.6 Å². The van der Waals surface area contributed by atoms with Gasteiger partial charge in [0, 0.05) is 13.8 Å². The summed E-state index contributed by atoms with van der Waals surface area (Å²) in [5.41, 5.74) is -0.723. The lowest BCUT2D eigenvalue weighted by Gasteiger charge is -2.09. The van der Waals surface area contributed by atoms with E-state index in [4.69, 9.17) is 0 Å². The first-order valence-corrected chi connectivity index (χ1v) is 6.27. The van der Waals surface area contributed by atoms with Gasteiger partial charge in [-0.3, -0.25) is 14.9 Å². The molecular weight excluding hydrogens is 258 g/mol. The van der Waals surface area contributed by atoms with Crippen LogP contribution < -0.4 is 16.0 Å². The Morgan fingerprint density at radius 2 is 2.11 bits per heavy atom. The van der Waals surface area contributed by atoms with Crippen LogP contribution in [-0.4, -0.2) is 31.5 Å². The molecule has 2 rings (SSSR count). The second-order valence-corrected chi connectivity index (χ2v) is 5.12. The second-order valence-electron chi connectivity index (χ2n) is 3.61. The van der Waals surface area contributed by atoms with Crippen molar-refractivity contribution in [2.24, 2.45) is 0 Å².